The van der Waals surface area contributed by atoms with Crippen molar-refractivity contribution in [2.24, 2.45) is 5.92 Å². The van der Waals surface area contributed by atoms with Crippen molar-refractivity contribution < 1.29 is 9.53 Å². The lowest BCUT2D eigenvalue weighted by Crippen LogP contribution is -2.38. The minimum absolute atomic E-state index is 0.184. The number of hydrogen-bond donors (Lipinski definition) is 0. The Morgan fingerprint density at radius 2 is 2.36 bits per heavy atom. The molecule has 0 aliphatic carbocycles. The number of nitrogens with zero attached hydrogens (tertiary/aromatic N) is 1. The number of hydrogen-bond acceptors (Lipinski definition) is 2. The zero-order valence-electron chi connectivity index (χ0n) is 7.17. The molecular formula is C8H15NO2. The third-order valence-corrected chi connectivity index (χ3v) is 2.09. The fourth-order valence-corrected chi connectivity index (χ4v) is 1.48. The van der Waals surface area contributed by atoms with Crippen LogP contribution < -0.4 is 0 Å². The lowest BCUT2D eigenvalue weighted by molar-refractivity contribution is 0.105. The fraction of sp³-hybridized carbons (Fsp3) is 0.875. The first kappa shape index (κ1) is 8.37. The first-order valence-electron chi connectivity index (χ1n) is 4.07. The van der Waals surface area contributed by atoms with Crippen LogP contribution in [0.4, 0.5) is 4.79 Å². The van der Waals surface area contributed by atoms with Crippen molar-refractivity contribution in [1.29, 1.82) is 0 Å². The highest BCUT2D eigenvalue weighted by Gasteiger charge is 2.20. The second-order valence-electron chi connectivity index (χ2n) is 3.16. The van der Waals surface area contributed by atoms with Crippen LogP contribution in [0.2, 0.25) is 0 Å². The Morgan fingerprint density at radius 1 is 1.64 bits per heavy atom. The maximum atomic E-state index is 11.0. The average Bonchev–Trinajstić information content (AvgIpc) is 2.03. The lowest BCUT2D eigenvalue weighted by Gasteiger charge is -2.29. The first-order chi connectivity index (χ1) is 5.24. The number of piperidine rings is 1. The molecule has 0 aromatic carbocycles. The van der Waals surface area contributed by atoms with Crippen molar-refractivity contribution in [2.45, 2.75) is 19.8 Å². The van der Waals surface area contributed by atoms with Crippen LogP contribution >= 0.6 is 0 Å². The van der Waals surface area contributed by atoms with E-state index in [9.17, 15) is 4.79 Å². The van der Waals surface area contributed by atoms with E-state index in [1.165, 1.54) is 13.5 Å². The SMILES string of the molecule is COC(=O)N1CCCC(C)C1. The summed E-state index contributed by atoms with van der Waals surface area (Å²) in [6.45, 7) is 3.87. The molecule has 1 heterocycles. The van der Waals surface area contributed by atoms with Gasteiger partial charge in [-0.25, -0.2) is 4.79 Å². The summed E-state index contributed by atoms with van der Waals surface area (Å²) in [6.07, 6.45) is 2.15. The van der Waals surface area contributed by atoms with Gasteiger partial charge in [0.2, 0.25) is 0 Å². The maximum Gasteiger partial charge on any atom is 0.409 e. The van der Waals surface area contributed by atoms with Crippen molar-refractivity contribution >= 4 is 6.09 Å². The molecule has 0 aromatic rings. The van der Waals surface area contributed by atoms with E-state index in [1.54, 1.807) is 4.90 Å². The average molecular weight is 157 g/mol. The number of rotatable bonds is 0. The van der Waals surface area contributed by atoms with Gasteiger partial charge >= 0.3 is 6.09 Å². The predicted octanol–water partition coefficient (Wildman–Crippen LogP) is 1.48. The topological polar surface area (TPSA) is 29.5 Å². The smallest absolute Gasteiger partial charge is 0.409 e. The van der Waals surface area contributed by atoms with Crippen molar-refractivity contribution in [2.75, 3.05) is 20.2 Å². The van der Waals surface area contributed by atoms with Gasteiger partial charge in [0, 0.05) is 13.1 Å². The molecular weight excluding hydrogens is 142 g/mol. The normalized spacial score (nSPS) is 24.9. The molecule has 11 heavy (non-hydrogen) atoms. The van der Waals surface area contributed by atoms with Gasteiger partial charge in [0.1, 0.15) is 0 Å². The van der Waals surface area contributed by atoms with Crippen molar-refractivity contribution in [3.63, 3.8) is 0 Å². The highest BCUT2D eigenvalue weighted by molar-refractivity contribution is 5.67. The van der Waals surface area contributed by atoms with E-state index in [-0.39, 0.29) is 6.09 Å². The summed E-state index contributed by atoms with van der Waals surface area (Å²) in [7, 11) is 1.43. The Kier molecular flexibility index (Phi) is 2.74. The number of amides is 1. The number of methoxy groups -OCH3 is 1. The van der Waals surface area contributed by atoms with Crippen LogP contribution in [-0.4, -0.2) is 31.2 Å². The Bertz CT molecular complexity index is 147. The first-order valence-corrected chi connectivity index (χ1v) is 4.07. The molecule has 0 aromatic heterocycles. The molecule has 64 valence electrons. The second-order valence-corrected chi connectivity index (χ2v) is 3.16. The minimum atomic E-state index is -0.184. The van der Waals surface area contributed by atoms with E-state index in [1.807, 2.05) is 0 Å². The fourth-order valence-electron chi connectivity index (χ4n) is 1.48. The zero-order valence-corrected chi connectivity index (χ0v) is 7.17. The van der Waals surface area contributed by atoms with Gasteiger partial charge in [-0.2, -0.15) is 0 Å². The molecule has 1 aliphatic rings. The summed E-state index contributed by atoms with van der Waals surface area (Å²) < 4.78 is 4.62. The molecule has 3 heteroatoms. The summed E-state index contributed by atoms with van der Waals surface area (Å²) in [4.78, 5) is 12.8. The van der Waals surface area contributed by atoms with Crippen LogP contribution in [0.1, 0.15) is 19.8 Å². The van der Waals surface area contributed by atoms with Gasteiger partial charge < -0.3 is 9.64 Å². The van der Waals surface area contributed by atoms with Gasteiger partial charge in [0.15, 0.2) is 0 Å². The third kappa shape index (κ3) is 2.10. The van der Waals surface area contributed by atoms with Crippen LogP contribution in [0, 0.1) is 5.92 Å². The Hall–Kier alpha value is -0.730. The molecule has 1 rings (SSSR count). The van der Waals surface area contributed by atoms with E-state index >= 15 is 0 Å². The predicted molar refractivity (Wildman–Crippen MR) is 42.4 cm³/mol. The third-order valence-electron chi connectivity index (χ3n) is 2.09. The zero-order chi connectivity index (χ0) is 8.27. The van der Waals surface area contributed by atoms with Crippen LogP contribution in [0.3, 0.4) is 0 Å². The molecule has 0 radical (unpaired) electrons. The number of ether oxygens (including phenoxy) is 1. The molecule has 3 nitrogen and oxygen atoms in total. The van der Waals surface area contributed by atoms with E-state index in [0.717, 1.165) is 19.5 Å². The molecule has 0 N–H and O–H groups in total. The van der Waals surface area contributed by atoms with Gasteiger partial charge in [0.25, 0.3) is 0 Å². The molecule has 1 amide bonds. The number of carbonyl (C=O) groups excluding carboxylic acids is 1. The molecule has 0 spiro atoms. The largest absolute Gasteiger partial charge is 0.453 e. The van der Waals surface area contributed by atoms with Crippen LogP contribution in [0.25, 0.3) is 0 Å². The molecule has 1 unspecified atom stereocenters. The molecule has 1 atom stereocenters. The Morgan fingerprint density at radius 3 is 2.91 bits per heavy atom. The van der Waals surface area contributed by atoms with Crippen LogP contribution in [-0.2, 0) is 4.74 Å². The van der Waals surface area contributed by atoms with Crippen molar-refractivity contribution in [1.82, 2.24) is 4.90 Å². The highest BCUT2D eigenvalue weighted by Crippen LogP contribution is 2.15. The van der Waals surface area contributed by atoms with E-state index in [2.05, 4.69) is 11.7 Å². The summed E-state index contributed by atoms with van der Waals surface area (Å²) >= 11 is 0. The van der Waals surface area contributed by atoms with Crippen LogP contribution in [0.5, 0.6) is 0 Å². The van der Waals surface area contributed by atoms with Crippen molar-refractivity contribution in [3.8, 4) is 0 Å². The summed E-state index contributed by atoms with van der Waals surface area (Å²) in [5.41, 5.74) is 0. The summed E-state index contributed by atoms with van der Waals surface area (Å²) in [5.74, 6) is 0.628. The Balaban J connectivity index is 2.39. The van der Waals surface area contributed by atoms with Crippen molar-refractivity contribution in [3.05, 3.63) is 0 Å². The van der Waals surface area contributed by atoms with Crippen LogP contribution in [0.15, 0.2) is 0 Å². The second kappa shape index (κ2) is 3.60. The Labute approximate surface area is 67.3 Å². The van der Waals surface area contributed by atoms with E-state index < -0.39 is 0 Å². The van der Waals surface area contributed by atoms with Gasteiger partial charge in [-0.1, -0.05) is 6.92 Å². The minimum Gasteiger partial charge on any atom is -0.453 e. The monoisotopic (exact) mass is 157 g/mol. The lowest BCUT2D eigenvalue weighted by atomic mass is 10.0. The van der Waals surface area contributed by atoms with Gasteiger partial charge in [-0.05, 0) is 18.8 Å². The molecule has 0 saturated carbocycles. The van der Waals surface area contributed by atoms with Gasteiger partial charge in [-0.15, -0.1) is 0 Å². The molecule has 1 fully saturated rings. The summed E-state index contributed by atoms with van der Waals surface area (Å²) in [5, 5.41) is 0. The highest BCUT2D eigenvalue weighted by atomic mass is 16.5. The van der Waals surface area contributed by atoms with Gasteiger partial charge in [0.05, 0.1) is 7.11 Å². The van der Waals surface area contributed by atoms with Gasteiger partial charge in [-0.3, -0.25) is 0 Å². The molecule has 0 bridgehead atoms. The number of carbonyl (C=O) groups is 1. The maximum absolute atomic E-state index is 11.0. The molecule has 1 aliphatic heterocycles. The number of likely N-dealkylation sites (tertiary alicyclic amines) is 1. The molecule has 1 saturated heterocycles. The van der Waals surface area contributed by atoms with E-state index in [4.69, 9.17) is 0 Å². The standard InChI is InChI=1S/C8H15NO2/c1-7-4-3-5-9(6-7)8(10)11-2/h7H,3-6H2,1-2H3. The van der Waals surface area contributed by atoms with E-state index in [0.29, 0.717) is 5.92 Å². The quantitative estimate of drug-likeness (QED) is 0.533. The summed E-state index contributed by atoms with van der Waals surface area (Å²) in [6, 6.07) is 0.